The molecule has 22 heavy (non-hydrogen) atoms. The van der Waals surface area contributed by atoms with Gasteiger partial charge in [0.25, 0.3) is 11.3 Å². The number of hydrogen-bond donors (Lipinski definition) is 2. The highest BCUT2D eigenvalue weighted by molar-refractivity contribution is 7.88. The molecule has 0 unspecified atom stereocenters. The second kappa shape index (κ2) is 5.70. The summed E-state index contributed by atoms with van der Waals surface area (Å²) in [6.45, 7) is 0.187. The van der Waals surface area contributed by atoms with Crippen LogP contribution in [0.1, 0.15) is 11.3 Å². The van der Waals surface area contributed by atoms with Crippen LogP contribution in [0.25, 0.3) is 5.78 Å². The largest absolute Gasteiger partial charge is 0.278 e. The van der Waals surface area contributed by atoms with Gasteiger partial charge in [-0.2, -0.15) is 4.52 Å². The van der Waals surface area contributed by atoms with E-state index < -0.39 is 15.6 Å². The zero-order valence-corrected chi connectivity index (χ0v) is 12.2. The van der Waals surface area contributed by atoms with Crippen molar-refractivity contribution in [1.29, 1.82) is 0 Å². The molecule has 3 rings (SSSR count). The van der Waals surface area contributed by atoms with Gasteiger partial charge in [-0.25, -0.2) is 23.1 Å². The Bertz CT molecular complexity index is 946. The normalized spacial score (nSPS) is 11.8. The number of sulfonamides is 1. The Labute approximate surface area is 125 Å². The summed E-state index contributed by atoms with van der Waals surface area (Å²) >= 11 is 0. The van der Waals surface area contributed by atoms with Crippen LogP contribution in [-0.4, -0.2) is 28.0 Å². The van der Waals surface area contributed by atoms with Crippen molar-refractivity contribution in [2.75, 3.05) is 0 Å². The molecule has 0 saturated carbocycles. The standard InChI is InChI=1S/C13H13N5O3S/c19-12-6-11(17-13-14-9-15-18(12)13)8-22(20,21)16-7-10-4-2-1-3-5-10/h1-6,9,16H,7-8H2,(H,14,15,17). The van der Waals surface area contributed by atoms with E-state index in [9.17, 15) is 13.2 Å². The Balaban J connectivity index is 1.76. The molecule has 0 bridgehead atoms. The molecule has 2 aromatic heterocycles. The Morgan fingerprint density at radius 2 is 2.00 bits per heavy atom. The first kappa shape index (κ1) is 14.4. The quantitative estimate of drug-likeness (QED) is 0.690. The molecule has 9 heteroatoms. The van der Waals surface area contributed by atoms with Crippen LogP contribution < -0.4 is 10.3 Å². The van der Waals surface area contributed by atoms with Crippen LogP contribution in [0.2, 0.25) is 0 Å². The number of fused-ring (bicyclic) bond motifs is 1. The SMILES string of the molecule is O=c1cc(CS(=O)(=O)NCc2ccccc2)nc2nc[nH]n12. The summed E-state index contributed by atoms with van der Waals surface area (Å²) in [5, 5.41) is 2.59. The van der Waals surface area contributed by atoms with E-state index in [2.05, 4.69) is 19.8 Å². The zero-order valence-electron chi connectivity index (χ0n) is 11.4. The first-order valence-corrected chi connectivity index (χ1v) is 8.12. The molecule has 8 nitrogen and oxygen atoms in total. The molecular formula is C13H13N5O3S. The lowest BCUT2D eigenvalue weighted by Gasteiger charge is -2.06. The van der Waals surface area contributed by atoms with Crippen LogP contribution in [0.5, 0.6) is 0 Å². The molecule has 0 fully saturated rings. The predicted molar refractivity (Wildman–Crippen MR) is 79.5 cm³/mol. The van der Waals surface area contributed by atoms with Gasteiger partial charge >= 0.3 is 0 Å². The second-order valence-electron chi connectivity index (χ2n) is 4.67. The van der Waals surface area contributed by atoms with Crippen molar-refractivity contribution < 1.29 is 8.42 Å². The highest BCUT2D eigenvalue weighted by atomic mass is 32.2. The van der Waals surface area contributed by atoms with Gasteiger partial charge in [-0.05, 0) is 5.56 Å². The van der Waals surface area contributed by atoms with Gasteiger partial charge in [-0.15, -0.1) is 0 Å². The zero-order chi connectivity index (χ0) is 15.6. The fourth-order valence-corrected chi connectivity index (χ4v) is 3.00. The number of aromatic amines is 1. The van der Waals surface area contributed by atoms with Crippen molar-refractivity contribution in [3.63, 3.8) is 0 Å². The fourth-order valence-electron chi connectivity index (χ4n) is 1.98. The molecule has 1 aromatic carbocycles. The number of nitrogens with zero attached hydrogens (tertiary/aromatic N) is 3. The van der Waals surface area contributed by atoms with Gasteiger partial charge in [0.15, 0.2) is 0 Å². The van der Waals surface area contributed by atoms with E-state index >= 15 is 0 Å². The Hall–Kier alpha value is -2.52. The number of benzene rings is 1. The highest BCUT2D eigenvalue weighted by Crippen LogP contribution is 2.03. The Kier molecular flexibility index (Phi) is 3.73. The topological polar surface area (TPSA) is 109 Å². The van der Waals surface area contributed by atoms with E-state index in [0.717, 1.165) is 10.1 Å². The van der Waals surface area contributed by atoms with Crippen LogP contribution in [0.15, 0.2) is 47.5 Å². The van der Waals surface area contributed by atoms with E-state index in [1.165, 1.54) is 12.4 Å². The van der Waals surface area contributed by atoms with Crippen LogP contribution >= 0.6 is 0 Å². The maximum atomic E-state index is 12.1. The third-order valence-corrected chi connectivity index (χ3v) is 4.26. The van der Waals surface area contributed by atoms with Crippen molar-refractivity contribution in [3.8, 4) is 0 Å². The average molecular weight is 319 g/mol. The van der Waals surface area contributed by atoms with Gasteiger partial charge in [0.2, 0.25) is 10.0 Å². The number of nitrogens with one attached hydrogen (secondary N) is 2. The van der Waals surface area contributed by atoms with Crippen molar-refractivity contribution in [2.24, 2.45) is 0 Å². The molecule has 0 spiro atoms. The molecule has 114 valence electrons. The minimum Gasteiger partial charge on any atom is -0.278 e. The van der Waals surface area contributed by atoms with Crippen LogP contribution in [-0.2, 0) is 22.3 Å². The summed E-state index contributed by atoms with van der Waals surface area (Å²) in [6, 6.07) is 10.3. The van der Waals surface area contributed by atoms with Gasteiger partial charge in [-0.1, -0.05) is 30.3 Å². The summed E-state index contributed by atoms with van der Waals surface area (Å²) in [5.41, 5.74) is 0.593. The maximum absolute atomic E-state index is 12.1. The summed E-state index contributed by atoms with van der Waals surface area (Å²) < 4.78 is 27.8. The molecule has 0 aliphatic heterocycles. The molecule has 2 N–H and O–H groups in total. The molecule has 0 saturated heterocycles. The maximum Gasteiger partial charge on any atom is 0.274 e. The molecule has 0 aliphatic carbocycles. The van der Waals surface area contributed by atoms with Crippen LogP contribution in [0.3, 0.4) is 0 Å². The third kappa shape index (κ3) is 3.21. The van der Waals surface area contributed by atoms with Crippen molar-refractivity contribution in [3.05, 3.63) is 64.3 Å². The lowest BCUT2D eigenvalue weighted by Crippen LogP contribution is -2.26. The highest BCUT2D eigenvalue weighted by Gasteiger charge is 2.14. The lowest BCUT2D eigenvalue weighted by atomic mass is 10.2. The number of hydrogen-bond acceptors (Lipinski definition) is 5. The number of H-pyrrole nitrogens is 1. The summed E-state index contributed by atoms with van der Waals surface area (Å²) in [6.07, 6.45) is 1.32. The molecule has 3 aromatic rings. The van der Waals surface area contributed by atoms with Crippen LogP contribution in [0.4, 0.5) is 0 Å². The number of rotatable bonds is 5. The molecule has 0 aliphatic rings. The van der Waals surface area contributed by atoms with E-state index in [1.807, 2.05) is 30.3 Å². The molecule has 0 atom stereocenters. The third-order valence-electron chi connectivity index (χ3n) is 3.00. The van der Waals surface area contributed by atoms with E-state index in [4.69, 9.17) is 0 Å². The average Bonchev–Trinajstić information content (AvgIpc) is 2.95. The van der Waals surface area contributed by atoms with E-state index in [0.29, 0.717) is 0 Å². The smallest absolute Gasteiger partial charge is 0.274 e. The second-order valence-corrected chi connectivity index (χ2v) is 6.48. The van der Waals surface area contributed by atoms with Crippen molar-refractivity contribution in [1.82, 2.24) is 24.3 Å². The van der Waals surface area contributed by atoms with Gasteiger partial charge < -0.3 is 0 Å². The first-order valence-electron chi connectivity index (χ1n) is 6.47. The van der Waals surface area contributed by atoms with Gasteiger partial charge in [-0.3, -0.25) is 9.89 Å². The molecule has 0 radical (unpaired) electrons. The summed E-state index contributed by atoms with van der Waals surface area (Å²) in [5.74, 6) is -0.237. The van der Waals surface area contributed by atoms with Gasteiger partial charge in [0.05, 0.1) is 5.69 Å². The fraction of sp³-hybridized carbons (Fsp3) is 0.154. The van der Waals surface area contributed by atoms with E-state index in [-0.39, 0.29) is 23.8 Å². The minimum atomic E-state index is -3.60. The molecule has 0 amide bonds. The summed E-state index contributed by atoms with van der Waals surface area (Å²) in [7, 11) is -3.60. The van der Waals surface area contributed by atoms with Crippen LogP contribution in [0, 0.1) is 0 Å². The summed E-state index contributed by atoms with van der Waals surface area (Å²) in [4.78, 5) is 19.6. The van der Waals surface area contributed by atoms with E-state index in [1.54, 1.807) is 0 Å². The van der Waals surface area contributed by atoms with Crippen molar-refractivity contribution in [2.45, 2.75) is 12.3 Å². The predicted octanol–water partition coefficient (Wildman–Crippen LogP) is 0.0372. The monoisotopic (exact) mass is 319 g/mol. The Morgan fingerprint density at radius 1 is 1.23 bits per heavy atom. The minimum absolute atomic E-state index is 0.140. The first-order chi connectivity index (χ1) is 10.5. The molecule has 2 heterocycles. The number of aromatic nitrogens is 4. The lowest BCUT2D eigenvalue weighted by molar-refractivity contribution is 0.579. The van der Waals surface area contributed by atoms with Crippen molar-refractivity contribution >= 4 is 15.8 Å². The van der Waals surface area contributed by atoms with Gasteiger partial charge in [0, 0.05) is 12.6 Å². The Morgan fingerprint density at radius 3 is 2.77 bits per heavy atom. The van der Waals surface area contributed by atoms with Gasteiger partial charge in [0.1, 0.15) is 12.1 Å². The molecular weight excluding hydrogens is 306 g/mol.